The van der Waals surface area contributed by atoms with Crippen molar-refractivity contribution in [2.45, 2.75) is 58.5 Å². The van der Waals surface area contributed by atoms with E-state index in [0.29, 0.717) is 0 Å². The van der Waals surface area contributed by atoms with Gasteiger partial charge in [0.25, 0.3) is 0 Å². The summed E-state index contributed by atoms with van der Waals surface area (Å²) in [6.45, 7) is 14.4. The first-order valence-electron chi connectivity index (χ1n) is 8.38. The zero-order chi connectivity index (χ0) is 13.7. The highest BCUT2D eigenvalue weighted by atomic mass is 15.3. The Balaban J connectivity index is 1.59. The molecule has 0 bridgehead atoms. The largest absolute Gasteiger partial charge is 0.313 e. The van der Waals surface area contributed by atoms with Crippen LogP contribution < -0.4 is 5.32 Å². The average molecular weight is 267 g/mol. The van der Waals surface area contributed by atoms with Crippen molar-refractivity contribution in [1.29, 1.82) is 0 Å². The number of hydrogen-bond donors (Lipinski definition) is 1. The molecule has 1 aliphatic heterocycles. The van der Waals surface area contributed by atoms with Crippen LogP contribution in [0.1, 0.15) is 46.5 Å². The lowest BCUT2D eigenvalue weighted by molar-refractivity contribution is 0.0877. The van der Waals surface area contributed by atoms with Crippen LogP contribution >= 0.6 is 0 Å². The quantitative estimate of drug-likeness (QED) is 0.824. The summed E-state index contributed by atoms with van der Waals surface area (Å²) in [6.07, 6.45) is 5.62. The van der Waals surface area contributed by atoms with Crippen molar-refractivity contribution in [3.05, 3.63) is 0 Å². The maximum atomic E-state index is 3.77. The number of piperazine rings is 1. The van der Waals surface area contributed by atoms with Gasteiger partial charge >= 0.3 is 0 Å². The number of rotatable bonds is 5. The van der Waals surface area contributed by atoms with Crippen LogP contribution in [0.15, 0.2) is 0 Å². The van der Waals surface area contributed by atoms with Crippen molar-refractivity contribution in [3.8, 4) is 0 Å². The van der Waals surface area contributed by atoms with Gasteiger partial charge in [-0.3, -0.25) is 9.80 Å². The fourth-order valence-corrected chi connectivity index (χ4v) is 3.63. The summed E-state index contributed by atoms with van der Waals surface area (Å²) in [5.74, 6) is 0.959. The van der Waals surface area contributed by atoms with E-state index in [1.54, 1.807) is 0 Å². The average Bonchev–Trinajstić information content (AvgIpc) is 2.41. The maximum Gasteiger partial charge on any atom is 0.0195 e. The van der Waals surface area contributed by atoms with Gasteiger partial charge in [0.2, 0.25) is 0 Å². The van der Waals surface area contributed by atoms with E-state index in [4.69, 9.17) is 0 Å². The first-order chi connectivity index (χ1) is 9.19. The van der Waals surface area contributed by atoms with Gasteiger partial charge in [0.05, 0.1) is 0 Å². The predicted octanol–water partition coefficient (Wildman–Crippen LogP) is 2.18. The smallest absolute Gasteiger partial charge is 0.0195 e. The van der Waals surface area contributed by atoms with Crippen LogP contribution in [0.5, 0.6) is 0 Å². The van der Waals surface area contributed by atoms with Gasteiger partial charge in [-0.1, -0.05) is 13.8 Å². The minimum Gasteiger partial charge on any atom is -0.313 e. The van der Waals surface area contributed by atoms with E-state index < -0.39 is 0 Å². The molecule has 1 atom stereocenters. The molecule has 3 nitrogen and oxygen atoms in total. The Kier molecular flexibility index (Phi) is 6.11. The first kappa shape index (κ1) is 15.3. The molecule has 1 heterocycles. The highest BCUT2D eigenvalue weighted by Crippen LogP contribution is 2.23. The Morgan fingerprint density at radius 3 is 2.42 bits per heavy atom. The molecule has 0 aromatic heterocycles. The molecule has 2 fully saturated rings. The first-order valence-corrected chi connectivity index (χ1v) is 8.38. The summed E-state index contributed by atoms with van der Waals surface area (Å²) in [5.41, 5.74) is 0. The molecule has 0 spiro atoms. The lowest BCUT2D eigenvalue weighted by atomic mass is 9.87. The van der Waals surface area contributed by atoms with Crippen LogP contribution in [0.25, 0.3) is 0 Å². The van der Waals surface area contributed by atoms with E-state index >= 15 is 0 Å². The fraction of sp³-hybridized carbons (Fsp3) is 1.00. The molecule has 0 amide bonds. The molecule has 2 aliphatic rings. The Morgan fingerprint density at radius 1 is 1.05 bits per heavy atom. The van der Waals surface area contributed by atoms with Crippen LogP contribution in [0.4, 0.5) is 0 Å². The monoisotopic (exact) mass is 267 g/mol. The minimum absolute atomic E-state index is 0.731. The third-order valence-corrected chi connectivity index (χ3v) is 5.13. The van der Waals surface area contributed by atoms with E-state index in [1.807, 2.05) is 0 Å². The topological polar surface area (TPSA) is 18.5 Å². The van der Waals surface area contributed by atoms with Gasteiger partial charge in [-0.05, 0) is 45.1 Å². The lowest BCUT2D eigenvalue weighted by Crippen LogP contribution is -2.53. The Labute approximate surface area is 119 Å². The Morgan fingerprint density at radius 2 is 1.79 bits per heavy atom. The maximum absolute atomic E-state index is 3.77. The van der Waals surface area contributed by atoms with Gasteiger partial charge < -0.3 is 5.32 Å². The van der Waals surface area contributed by atoms with Gasteiger partial charge in [0.15, 0.2) is 0 Å². The summed E-state index contributed by atoms with van der Waals surface area (Å²) in [6, 6.07) is 1.53. The van der Waals surface area contributed by atoms with Crippen molar-refractivity contribution in [2.75, 3.05) is 39.3 Å². The normalized spacial score (nSPS) is 34.6. The Hall–Kier alpha value is -0.120. The van der Waals surface area contributed by atoms with Gasteiger partial charge in [-0.2, -0.15) is 0 Å². The zero-order valence-electron chi connectivity index (χ0n) is 13.2. The second kappa shape index (κ2) is 7.61. The van der Waals surface area contributed by atoms with E-state index in [2.05, 4.69) is 35.9 Å². The molecule has 1 saturated heterocycles. The van der Waals surface area contributed by atoms with Gasteiger partial charge in [-0.25, -0.2) is 0 Å². The SMILES string of the molecule is CCN1CCN(CCNC2CCC(C)CC2)CC1C. The second-order valence-corrected chi connectivity index (χ2v) is 6.69. The van der Waals surface area contributed by atoms with E-state index in [0.717, 1.165) is 18.0 Å². The van der Waals surface area contributed by atoms with Crippen molar-refractivity contribution < 1.29 is 0 Å². The van der Waals surface area contributed by atoms with E-state index in [9.17, 15) is 0 Å². The molecule has 19 heavy (non-hydrogen) atoms. The molecule has 1 N–H and O–H groups in total. The summed E-state index contributed by atoms with van der Waals surface area (Å²) in [5, 5.41) is 3.77. The molecule has 0 aromatic rings. The van der Waals surface area contributed by atoms with E-state index in [1.165, 1.54) is 65.0 Å². The van der Waals surface area contributed by atoms with Crippen molar-refractivity contribution in [3.63, 3.8) is 0 Å². The van der Waals surface area contributed by atoms with Crippen LogP contribution in [-0.2, 0) is 0 Å². The standard InChI is InChI=1S/C16H33N3/c1-4-19-12-11-18(13-15(19)3)10-9-17-16-7-5-14(2)6-8-16/h14-17H,4-13H2,1-3H3. The fourth-order valence-electron chi connectivity index (χ4n) is 3.63. The van der Waals surface area contributed by atoms with E-state index in [-0.39, 0.29) is 0 Å². The molecular weight excluding hydrogens is 234 g/mol. The highest BCUT2D eigenvalue weighted by Gasteiger charge is 2.22. The molecule has 2 rings (SSSR count). The van der Waals surface area contributed by atoms with Crippen LogP contribution in [0.2, 0.25) is 0 Å². The highest BCUT2D eigenvalue weighted by molar-refractivity contribution is 4.80. The number of nitrogens with one attached hydrogen (secondary N) is 1. The van der Waals surface area contributed by atoms with Crippen LogP contribution in [0.3, 0.4) is 0 Å². The third kappa shape index (κ3) is 4.73. The van der Waals surface area contributed by atoms with Gasteiger partial charge in [-0.15, -0.1) is 0 Å². The molecular formula is C16H33N3. The number of likely N-dealkylation sites (N-methyl/N-ethyl adjacent to an activating group) is 1. The van der Waals surface area contributed by atoms with Crippen molar-refractivity contribution in [2.24, 2.45) is 5.92 Å². The summed E-state index contributed by atoms with van der Waals surface area (Å²) in [7, 11) is 0. The minimum atomic E-state index is 0.731. The molecule has 1 aliphatic carbocycles. The van der Waals surface area contributed by atoms with Crippen molar-refractivity contribution >= 4 is 0 Å². The van der Waals surface area contributed by atoms with Crippen LogP contribution in [-0.4, -0.2) is 61.2 Å². The zero-order valence-corrected chi connectivity index (χ0v) is 13.2. The predicted molar refractivity (Wildman–Crippen MR) is 82.6 cm³/mol. The molecule has 3 heteroatoms. The molecule has 1 unspecified atom stereocenters. The summed E-state index contributed by atoms with van der Waals surface area (Å²) >= 11 is 0. The molecule has 112 valence electrons. The lowest BCUT2D eigenvalue weighted by Gasteiger charge is -2.39. The van der Waals surface area contributed by atoms with Gasteiger partial charge in [0, 0.05) is 44.8 Å². The third-order valence-electron chi connectivity index (χ3n) is 5.13. The molecule has 0 aromatic carbocycles. The van der Waals surface area contributed by atoms with Crippen molar-refractivity contribution in [1.82, 2.24) is 15.1 Å². The summed E-state index contributed by atoms with van der Waals surface area (Å²) < 4.78 is 0. The summed E-state index contributed by atoms with van der Waals surface area (Å²) in [4.78, 5) is 5.22. The molecule has 1 saturated carbocycles. The second-order valence-electron chi connectivity index (χ2n) is 6.69. The Bertz CT molecular complexity index is 248. The van der Waals surface area contributed by atoms with Gasteiger partial charge in [0.1, 0.15) is 0 Å². The number of hydrogen-bond acceptors (Lipinski definition) is 3. The van der Waals surface area contributed by atoms with Crippen LogP contribution in [0, 0.1) is 5.92 Å². The number of nitrogens with zero attached hydrogens (tertiary/aromatic N) is 2. The molecule has 0 radical (unpaired) electrons.